The Labute approximate surface area is 72.4 Å². The Hall–Kier alpha value is -0.830. The molecule has 2 rings (SSSR count). The number of nitrogens with zero attached hydrogens (tertiary/aromatic N) is 1. The summed E-state index contributed by atoms with van der Waals surface area (Å²) in [6.07, 6.45) is 4.83. The van der Waals surface area contributed by atoms with E-state index in [1.807, 2.05) is 6.92 Å². The lowest BCUT2D eigenvalue weighted by Crippen LogP contribution is -2.06. The maximum Gasteiger partial charge on any atom is 0.123 e. The fraction of sp³-hybridized carbons (Fsp3) is 0.667. The summed E-state index contributed by atoms with van der Waals surface area (Å²) in [4.78, 5) is 7.77. The Morgan fingerprint density at radius 1 is 1.42 bits per heavy atom. The molecule has 0 amide bonds. The molecule has 0 bridgehead atoms. The molecule has 1 aliphatic carbocycles. The van der Waals surface area contributed by atoms with E-state index in [0.717, 1.165) is 18.7 Å². The molecule has 1 atom stereocenters. The number of aryl methyl sites for hydroxylation is 2. The minimum Gasteiger partial charge on any atom is -0.344 e. The minimum absolute atomic E-state index is 0.0376. The fourth-order valence-electron chi connectivity index (χ4n) is 1.69. The summed E-state index contributed by atoms with van der Waals surface area (Å²) >= 11 is 0. The first kappa shape index (κ1) is 7.80. The van der Waals surface area contributed by atoms with Gasteiger partial charge in [-0.1, -0.05) is 0 Å². The van der Waals surface area contributed by atoms with Crippen molar-refractivity contribution in [3.63, 3.8) is 0 Å². The zero-order chi connectivity index (χ0) is 8.55. The number of aromatic nitrogens is 2. The van der Waals surface area contributed by atoms with E-state index in [9.17, 15) is 0 Å². The third kappa shape index (κ3) is 1.25. The molecule has 3 heteroatoms. The molecule has 3 nitrogen and oxygen atoms in total. The summed E-state index contributed by atoms with van der Waals surface area (Å²) < 4.78 is 0. The van der Waals surface area contributed by atoms with E-state index in [1.165, 1.54) is 24.2 Å². The number of imidazole rings is 1. The molecule has 0 saturated carbocycles. The summed E-state index contributed by atoms with van der Waals surface area (Å²) in [6, 6.07) is 0.0376. The second-order valence-electron chi connectivity index (χ2n) is 3.54. The van der Waals surface area contributed by atoms with Gasteiger partial charge in [-0.3, -0.25) is 0 Å². The first-order valence-electron chi connectivity index (χ1n) is 4.60. The van der Waals surface area contributed by atoms with Crippen LogP contribution in [-0.4, -0.2) is 9.97 Å². The number of fused-ring (bicyclic) bond motifs is 1. The van der Waals surface area contributed by atoms with Crippen molar-refractivity contribution in [3.05, 3.63) is 17.2 Å². The quantitative estimate of drug-likeness (QED) is 0.659. The number of rotatable bonds is 1. The molecule has 1 aromatic rings. The Kier molecular flexibility index (Phi) is 1.89. The molecule has 0 saturated heterocycles. The van der Waals surface area contributed by atoms with Gasteiger partial charge in [0.2, 0.25) is 0 Å². The van der Waals surface area contributed by atoms with Crippen LogP contribution < -0.4 is 5.73 Å². The zero-order valence-corrected chi connectivity index (χ0v) is 7.43. The molecule has 66 valence electrons. The Morgan fingerprint density at radius 3 is 2.83 bits per heavy atom. The molecular weight excluding hydrogens is 150 g/mol. The van der Waals surface area contributed by atoms with Crippen LogP contribution >= 0.6 is 0 Å². The standard InChI is InChI=1S/C9H15N3/c1-6(10)9-11-7-4-2-3-5-8(7)12-9/h6H,2-5,10H2,1H3,(H,11,12). The number of nitrogens with two attached hydrogens (primary N) is 1. The number of nitrogens with one attached hydrogen (secondary N) is 1. The molecule has 0 radical (unpaired) electrons. The van der Waals surface area contributed by atoms with Crippen molar-refractivity contribution in [3.8, 4) is 0 Å². The lowest BCUT2D eigenvalue weighted by atomic mass is 10.0. The summed E-state index contributed by atoms with van der Waals surface area (Å²) in [5.74, 6) is 0.946. The van der Waals surface area contributed by atoms with E-state index in [4.69, 9.17) is 5.73 Å². The Bertz CT molecular complexity index is 252. The van der Waals surface area contributed by atoms with Crippen molar-refractivity contribution in [2.45, 2.75) is 38.6 Å². The number of H-pyrrole nitrogens is 1. The smallest absolute Gasteiger partial charge is 0.123 e. The van der Waals surface area contributed by atoms with Gasteiger partial charge < -0.3 is 10.7 Å². The van der Waals surface area contributed by atoms with E-state index < -0.39 is 0 Å². The summed E-state index contributed by atoms with van der Waals surface area (Å²) in [7, 11) is 0. The average molecular weight is 165 g/mol. The van der Waals surface area contributed by atoms with Gasteiger partial charge in [0.15, 0.2) is 0 Å². The van der Waals surface area contributed by atoms with Crippen LogP contribution in [0.3, 0.4) is 0 Å². The van der Waals surface area contributed by atoms with Crippen LogP contribution in [0, 0.1) is 0 Å². The summed E-state index contributed by atoms with van der Waals surface area (Å²) in [5.41, 5.74) is 8.29. The van der Waals surface area contributed by atoms with Crippen LogP contribution in [0.2, 0.25) is 0 Å². The van der Waals surface area contributed by atoms with Crippen molar-refractivity contribution in [2.24, 2.45) is 5.73 Å². The number of hydrogen-bond acceptors (Lipinski definition) is 2. The molecule has 3 N–H and O–H groups in total. The van der Waals surface area contributed by atoms with Crippen LogP contribution in [0.25, 0.3) is 0 Å². The lowest BCUT2D eigenvalue weighted by Gasteiger charge is -2.07. The predicted molar refractivity (Wildman–Crippen MR) is 47.8 cm³/mol. The summed E-state index contributed by atoms with van der Waals surface area (Å²) in [5, 5.41) is 0. The van der Waals surface area contributed by atoms with Crippen LogP contribution in [0.15, 0.2) is 0 Å². The molecule has 0 fully saturated rings. The molecule has 0 spiro atoms. The van der Waals surface area contributed by atoms with Crippen molar-refractivity contribution in [1.82, 2.24) is 9.97 Å². The SMILES string of the molecule is CC(N)c1nc2c([nH]1)CCCC2. The van der Waals surface area contributed by atoms with E-state index in [-0.39, 0.29) is 6.04 Å². The van der Waals surface area contributed by atoms with Gasteiger partial charge in [-0.2, -0.15) is 0 Å². The third-order valence-corrected chi connectivity index (χ3v) is 2.40. The predicted octanol–water partition coefficient (Wildman–Crippen LogP) is 1.31. The van der Waals surface area contributed by atoms with E-state index in [1.54, 1.807) is 0 Å². The second kappa shape index (κ2) is 2.90. The topological polar surface area (TPSA) is 54.7 Å². The van der Waals surface area contributed by atoms with Gasteiger partial charge in [0.05, 0.1) is 11.7 Å². The highest BCUT2D eigenvalue weighted by atomic mass is 15.0. The number of aromatic amines is 1. The normalized spacial score (nSPS) is 18.8. The van der Waals surface area contributed by atoms with Crippen LogP contribution in [0.4, 0.5) is 0 Å². The van der Waals surface area contributed by atoms with Crippen molar-refractivity contribution < 1.29 is 0 Å². The van der Waals surface area contributed by atoms with E-state index >= 15 is 0 Å². The molecule has 1 aromatic heterocycles. The molecule has 0 aliphatic heterocycles. The highest BCUT2D eigenvalue weighted by Crippen LogP contribution is 2.20. The summed E-state index contributed by atoms with van der Waals surface area (Å²) in [6.45, 7) is 1.96. The van der Waals surface area contributed by atoms with Crippen molar-refractivity contribution >= 4 is 0 Å². The van der Waals surface area contributed by atoms with Gasteiger partial charge in [-0.15, -0.1) is 0 Å². The molecule has 1 unspecified atom stereocenters. The highest BCUT2D eigenvalue weighted by molar-refractivity contribution is 5.18. The van der Waals surface area contributed by atoms with Gasteiger partial charge >= 0.3 is 0 Å². The van der Waals surface area contributed by atoms with Crippen molar-refractivity contribution in [1.29, 1.82) is 0 Å². The molecule has 12 heavy (non-hydrogen) atoms. The van der Waals surface area contributed by atoms with Crippen molar-refractivity contribution in [2.75, 3.05) is 0 Å². The Morgan fingerprint density at radius 2 is 2.17 bits per heavy atom. The van der Waals surface area contributed by atoms with Crippen LogP contribution in [-0.2, 0) is 12.8 Å². The average Bonchev–Trinajstić information content (AvgIpc) is 2.46. The molecule has 1 aliphatic rings. The third-order valence-electron chi connectivity index (χ3n) is 2.40. The second-order valence-corrected chi connectivity index (χ2v) is 3.54. The van der Waals surface area contributed by atoms with Gasteiger partial charge in [-0.25, -0.2) is 4.98 Å². The Balaban J connectivity index is 2.32. The van der Waals surface area contributed by atoms with E-state index in [0.29, 0.717) is 0 Å². The minimum atomic E-state index is 0.0376. The maximum atomic E-state index is 5.73. The van der Waals surface area contributed by atoms with Gasteiger partial charge in [-0.05, 0) is 32.6 Å². The van der Waals surface area contributed by atoms with E-state index in [2.05, 4.69) is 9.97 Å². The fourth-order valence-corrected chi connectivity index (χ4v) is 1.69. The molecular formula is C9H15N3. The first-order valence-corrected chi connectivity index (χ1v) is 4.60. The largest absolute Gasteiger partial charge is 0.344 e. The molecule has 0 aromatic carbocycles. The van der Waals surface area contributed by atoms with Gasteiger partial charge in [0, 0.05) is 5.69 Å². The van der Waals surface area contributed by atoms with Gasteiger partial charge in [0.1, 0.15) is 5.82 Å². The van der Waals surface area contributed by atoms with Crippen LogP contribution in [0.5, 0.6) is 0 Å². The maximum absolute atomic E-state index is 5.73. The zero-order valence-electron chi connectivity index (χ0n) is 7.43. The highest BCUT2D eigenvalue weighted by Gasteiger charge is 2.15. The van der Waals surface area contributed by atoms with Crippen LogP contribution in [0.1, 0.15) is 43.0 Å². The number of hydrogen-bond donors (Lipinski definition) is 2. The molecule has 1 heterocycles. The monoisotopic (exact) mass is 165 g/mol. The first-order chi connectivity index (χ1) is 5.77. The van der Waals surface area contributed by atoms with Gasteiger partial charge in [0.25, 0.3) is 0 Å². The lowest BCUT2D eigenvalue weighted by molar-refractivity contribution is 0.667.